The standard InChI is InChI=1S/C26H31N5O3/c1-3-19-7-9-20(10-8-19)21-15-22(17-31(16-21)26(32)30-11-13-33-14-12-30)25-28-24(29-34-25)23-6-4-5-18(2)27-23/h4-10,21-22H,3,11-17H2,1-2H3. The van der Waals surface area contributed by atoms with Gasteiger partial charge in [0, 0.05) is 37.8 Å². The van der Waals surface area contributed by atoms with E-state index >= 15 is 0 Å². The van der Waals surface area contributed by atoms with Crippen LogP contribution in [-0.2, 0) is 11.2 Å². The number of amides is 2. The molecular formula is C26H31N5O3. The van der Waals surface area contributed by atoms with Gasteiger partial charge < -0.3 is 19.1 Å². The highest BCUT2D eigenvalue weighted by atomic mass is 16.5. The van der Waals surface area contributed by atoms with Crippen LogP contribution in [-0.4, -0.2) is 70.3 Å². The molecule has 34 heavy (non-hydrogen) atoms. The van der Waals surface area contributed by atoms with Crippen LogP contribution in [0.1, 0.15) is 47.9 Å². The monoisotopic (exact) mass is 461 g/mol. The lowest BCUT2D eigenvalue weighted by atomic mass is 9.84. The maximum Gasteiger partial charge on any atom is 0.320 e. The molecule has 2 aliphatic heterocycles. The lowest BCUT2D eigenvalue weighted by molar-refractivity contribution is 0.0392. The molecule has 0 spiro atoms. The Balaban J connectivity index is 1.41. The normalized spacial score (nSPS) is 21.0. The van der Waals surface area contributed by atoms with Gasteiger partial charge in [-0.25, -0.2) is 9.78 Å². The number of ether oxygens (including phenoxy) is 1. The van der Waals surface area contributed by atoms with E-state index in [4.69, 9.17) is 14.2 Å². The van der Waals surface area contributed by atoms with Crippen molar-refractivity contribution in [3.05, 3.63) is 65.2 Å². The van der Waals surface area contributed by atoms with E-state index in [0.717, 1.165) is 18.5 Å². The van der Waals surface area contributed by atoms with Crippen molar-refractivity contribution in [2.75, 3.05) is 39.4 Å². The molecule has 2 aromatic heterocycles. The summed E-state index contributed by atoms with van der Waals surface area (Å²) in [5.41, 5.74) is 4.14. The summed E-state index contributed by atoms with van der Waals surface area (Å²) in [6.45, 7) is 7.75. The number of pyridine rings is 1. The Morgan fingerprint density at radius 1 is 1.00 bits per heavy atom. The third-order valence-electron chi connectivity index (χ3n) is 6.77. The topological polar surface area (TPSA) is 84.6 Å². The van der Waals surface area contributed by atoms with Crippen molar-refractivity contribution in [1.82, 2.24) is 24.9 Å². The average molecular weight is 462 g/mol. The molecule has 3 aromatic rings. The van der Waals surface area contributed by atoms with Crippen LogP contribution in [0.3, 0.4) is 0 Å². The summed E-state index contributed by atoms with van der Waals surface area (Å²) in [5.74, 6) is 1.20. The highest BCUT2D eigenvalue weighted by molar-refractivity contribution is 5.75. The van der Waals surface area contributed by atoms with E-state index in [9.17, 15) is 4.79 Å². The van der Waals surface area contributed by atoms with Gasteiger partial charge >= 0.3 is 6.03 Å². The predicted octanol–water partition coefficient (Wildman–Crippen LogP) is 4.03. The largest absolute Gasteiger partial charge is 0.378 e. The second-order valence-corrected chi connectivity index (χ2v) is 9.13. The number of morpholine rings is 1. The molecular weight excluding hydrogens is 430 g/mol. The van der Waals surface area contributed by atoms with E-state index in [1.807, 2.05) is 34.9 Å². The molecule has 178 valence electrons. The fourth-order valence-electron chi connectivity index (χ4n) is 4.83. The molecule has 8 nitrogen and oxygen atoms in total. The number of benzene rings is 1. The van der Waals surface area contributed by atoms with E-state index in [0.29, 0.717) is 56.8 Å². The zero-order chi connectivity index (χ0) is 23.5. The number of likely N-dealkylation sites (tertiary alicyclic amines) is 1. The average Bonchev–Trinajstić information content (AvgIpc) is 3.39. The van der Waals surface area contributed by atoms with E-state index < -0.39 is 0 Å². The summed E-state index contributed by atoms with van der Waals surface area (Å²) in [6.07, 6.45) is 1.86. The SMILES string of the molecule is CCc1ccc(C2CC(c3nc(-c4cccc(C)n4)no3)CN(C(=O)N3CCOCC3)C2)cc1. The van der Waals surface area contributed by atoms with Gasteiger partial charge in [0.05, 0.1) is 19.1 Å². The molecule has 2 fully saturated rings. The summed E-state index contributed by atoms with van der Waals surface area (Å²) in [4.78, 5) is 26.4. The van der Waals surface area contributed by atoms with Crippen LogP contribution in [0.15, 0.2) is 47.0 Å². The first-order valence-electron chi connectivity index (χ1n) is 12.1. The quantitative estimate of drug-likeness (QED) is 0.583. The van der Waals surface area contributed by atoms with Gasteiger partial charge in [-0.2, -0.15) is 4.98 Å². The molecule has 0 N–H and O–H groups in total. The molecule has 1 aromatic carbocycles. The predicted molar refractivity (Wildman–Crippen MR) is 128 cm³/mol. The highest BCUT2D eigenvalue weighted by Crippen LogP contribution is 2.36. The molecule has 0 saturated carbocycles. The number of aromatic nitrogens is 3. The third kappa shape index (κ3) is 4.82. The summed E-state index contributed by atoms with van der Waals surface area (Å²) in [7, 11) is 0. The van der Waals surface area contributed by atoms with Crippen molar-refractivity contribution in [1.29, 1.82) is 0 Å². The van der Waals surface area contributed by atoms with Crippen LogP contribution in [0.5, 0.6) is 0 Å². The van der Waals surface area contributed by atoms with Gasteiger partial charge in [-0.1, -0.05) is 42.4 Å². The Kier molecular flexibility index (Phi) is 6.58. The van der Waals surface area contributed by atoms with Gasteiger partial charge in [-0.3, -0.25) is 0 Å². The summed E-state index contributed by atoms with van der Waals surface area (Å²) in [6, 6.07) is 14.6. The molecule has 0 aliphatic carbocycles. The van der Waals surface area contributed by atoms with Crippen molar-refractivity contribution in [3.8, 4) is 11.5 Å². The van der Waals surface area contributed by atoms with Crippen molar-refractivity contribution in [3.63, 3.8) is 0 Å². The lowest BCUT2D eigenvalue weighted by Crippen LogP contribution is -2.52. The molecule has 2 unspecified atom stereocenters. The van der Waals surface area contributed by atoms with Gasteiger partial charge in [0.1, 0.15) is 5.69 Å². The maximum atomic E-state index is 13.4. The Morgan fingerprint density at radius 2 is 1.76 bits per heavy atom. The summed E-state index contributed by atoms with van der Waals surface area (Å²) >= 11 is 0. The van der Waals surface area contributed by atoms with E-state index in [1.54, 1.807) is 0 Å². The second kappa shape index (κ2) is 9.93. The van der Waals surface area contributed by atoms with Crippen LogP contribution in [0.2, 0.25) is 0 Å². The highest BCUT2D eigenvalue weighted by Gasteiger charge is 2.36. The zero-order valence-corrected chi connectivity index (χ0v) is 19.8. The zero-order valence-electron chi connectivity index (χ0n) is 19.8. The Morgan fingerprint density at radius 3 is 2.50 bits per heavy atom. The van der Waals surface area contributed by atoms with Crippen LogP contribution in [0.25, 0.3) is 11.5 Å². The van der Waals surface area contributed by atoms with E-state index in [1.165, 1.54) is 11.1 Å². The van der Waals surface area contributed by atoms with Crippen molar-refractivity contribution in [2.45, 2.75) is 38.5 Å². The van der Waals surface area contributed by atoms with Crippen molar-refractivity contribution >= 4 is 6.03 Å². The minimum atomic E-state index is -0.0411. The lowest BCUT2D eigenvalue weighted by Gasteiger charge is -2.40. The number of rotatable bonds is 4. The van der Waals surface area contributed by atoms with Crippen molar-refractivity contribution in [2.24, 2.45) is 0 Å². The minimum Gasteiger partial charge on any atom is -0.378 e. The smallest absolute Gasteiger partial charge is 0.320 e. The first-order valence-corrected chi connectivity index (χ1v) is 12.1. The third-order valence-corrected chi connectivity index (χ3v) is 6.77. The fraction of sp³-hybridized carbons (Fsp3) is 0.462. The Bertz CT molecular complexity index is 1120. The number of carbonyl (C=O) groups excluding carboxylic acids is 1. The molecule has 2 aliphatic rings. The number of hydrogen-bond acceptors (Lipinski definition) is 6. The van der Waals surface area contributed by atoms with Gasteiger partial charge in [0.25, 0.3) is 0 Å². The Labute approximate surface area is 199 Å². The number of urea groups is 1. The van der Waals surface area contributed by atoms with Crippen LogP contribution in [0.4, 0.5) is 4.79 Å². The van der Waals surface area contributed by atoms with Gasteiger partial charge in [-0.15, -0.1) is 0 Å². The number of aryl methyl sites for hydroxylation is 2. The number of nitrogens with zero attached hydrogens (tertiary/aromatic N) is 5. The van der Waals surface area contributed by atoms with Gasteiger partial charge in [-0.05, 0) is 43.0 Å². The molecule has 0 bridgehead atoms. The molecule has 2 amide bonds. The van der Waals surface area contributed by atoms with Crippen LogP contribution >= 0.6 is 0 Å². The van der Waals surface area contributed by atoms with Gasteiger partial charge in [0.15, 0.2) is 0 Å². The molecule has 5 rings (SSSR count). The first kappa shape index (κ1) is 22.5. The van der Waals surface area contributed by atoms with Crippen molar-refractivity contribution < 1.29 is 14.1 Å². The fourth-order valence-corrected chi connectivity index (χ4v) is 4.83. The number of hydrogen-bond donors (Lipinski definition) is 0. The van der Waals surface area contributed by atoms with Crippen LogP contribution < -0.4 is 0 Å². The molecule has 2 atom stereocenters. The van der Waals surface area contributed by atoms with E-state index in [2.05, 4.69) is 41.3 Å². The summed E-state index contributed by atoms with van der Waals surface area (Å²) < 4.78 is 11.2. The van der Waals surface area contributed by atoms with E-state index in [-0.39, 0.29) is 17.9 Å². The Hall–Kier alpha value is -3.26. The molecule has 8 heteroatoms. The van der Waals surface area contributed by atoms with Crippen LogP contribution in [0, 0.1) is 6.92 Å². The minimum absolute atomic E-state index is 0.0411. The number of piperidine rings is 1. The van der Waals surface area contributed by atoms with Gasteiger partial charge in [0.2, 0.25) is 11.7 Å². The second-order valence-electron chi connectivity index (χ2n) is 9.13. The molecule has 0 radical (unpaired) electrons. The maximum absolute atomic E-state index is 13.4. The first-order chi connectivity index (χ1) is 16.6. The summed E-state index contributed by atoms with van der Waals surface area (Å²) in [5, 5.41) is 4.20. The molecule has 2 saturated heterocycles. The molecule has 4 heterocycles. The number of carbonyl (C=O) groups is 1.